The minimum atomic E-state index is -4.54. The first-order valence-electron chi connectivity index (χ1n) is 12.2. The van der Waals surface area contributed by atoms with Crippen LogP contribution in [0.15, 0.2) is 96.3 Å². The van der Waals surface area contributed by atoms with Crippen LogP contribution in [0.1, 0.15) is 28.8 Å². The highest BCUT2D eigenvalue weighted by Gasteiger charge is 2.36. The van der Waals surface area contributed by atoms with Crippen molar-refractivity contribution in [2.75, 3.05) is 11.4 Å². The van der Waals surface area contributed by atoms with Crippen molar-refractivity contribution in [1.82, 2.24) is 14.3 Å². The summed E-state index contributed by atoms with van der Waals surface area (Å²) in [5.74, 6) is 0. The first-order chi connectivity index (χ1) is 18.2. The predicted molar refractivity (Wildman–Crippen MR) is 139 cm³/mol. The third kappa shape index (κ3) is 5.61. The van der Waals surface area contributed by atoms with Crippen LogP contribution < -0.4 is 4.90 Å². The fraction of sp³-hybridized carbons (Fsp3) is 0.250. The van der Waals surface area contributed by atoms with Gasteiger partial charge in [-0.3, -0.25) is 0 Å². The van der Waals surface area contributed by atoms with Crippen LogP contribution in [0.5, 0.6) is 0 Å². The quantitative estimate of drug-likeness (QED) is 0.329. The summed E-state index contributed by atoms with van der Waals surface area (Å²) in [6.07, 6.45) is 0.226. The number of imidazole rings is 1. The van der Waals surface area contributed by atoms with Gasteiger partial charge in [-0.2, -0.15) is 17.5 Å². The molecule has 0 aliphatic carbocycles. The summed E-state index contributed by atoms with van der Waals surface area (Å²) < 4.78 is 68.2. The van der Waals surface area contributed by atoms with Gasteiger partial charge in [-0.15, -0.1) is 0 Å². The first-order valence-corrected chi connectivity index (χ1v) is 13.7. The molecule has 38 heavy (non-hydrogen) atoms. The molecule has 0 saturated heterocycles. The van der Waals surface area contributed by atoms with E-state index in [1.165, 1.54) is 4.31 Å². The molecule has 1 aliphatic rings. The molecular formula is C28H27F3N4O2S. The summed E-state index contributed by atoms with van der Waals surface area (Å²) in [5, 5.41) is 0. The Bertz CT molecular complexity index is 1460. The van der Waals surface area contributed by atoms with E-state index in [1.807, 2.05) is 54.6 Å². The number of aryl methyl sites for hydroxylation is 1. The fourth-order valence-electron chi connectivity index (χ4n) is 4.85. The molecule has 1 atom stereocenters. The van der Waals surface area contributed by atoms with Crippen LogP contribution in [0.3, 0.4) is 0 Å². The smallest absolute Gasteiger partial charge is 0.361 e. The number of rotatable bonds is 7. The molecule has 3 aromatic carbocycles. The second-order valence-corrected chi connectivity index (χ2v) is 11.3. The number of sulfonamides is 1. The van der Waals surface area contributed by atoms with Crippen molar-refractivity contribution >= 4 is 15.7 Å². The van der Waals surface area contributed by atoms with Crippen LogP contribution >= 0.6 is 0 Å². The third-order valence-corrected chi connectivity index (χ3v) is 8.65. The Hall–Kier alpha value is -3.63. The SMILES string of the molecule is O=S(=O)(c1ccc(C(F)(F)F)cc1)N1Cc2ccccc2N(Cc2cnc[nH]2)[C@@H](CCc2ccccc2)C1. The molecule has 2 heterocycles. The summed E-state index contributed by atoms with van der Waals surface area (Å²) >= 11 is 0. The molecule has 0 radical (unpaired) electrons. The normalized spacial score (nSPS) is 16.7. The number of aromatic amines is 1. The maximum absolute atomic E-state index is 13.8. The summed E-state index contributed by atoms with van der Waals surface area (Å²) in [6, 6.07) is 21.1. The van der Waals surface area contributed by atoms with E-state index in [2.05, 4.69) is 14.9 Å². The monoisotopic (exact) mass is 540 g/mol. The van der Waals surface area contributed by atoms with E-state index in [1.54, 1.807) is 12.5 Å². The Morgan fingerprint density at radius 1 is 0.947 bits per heavy atom. The highest BCUT2D eigenvalue weighted by atomic mass is 32.2. The van der Waals surface area contributed by atoms with Crippen molar-refractivity contribution in [2.45, 2.75) is 43.0 Å². The lowest BCUT2D eigenvalue weighted by Gasteiger charge is -2.34. The first kappa shape index (κ1) is 26.0. The van der Waals surface area contributed by atoms with Gasteiger partial charge in [-0.1, -0.05) is 48.5 Å². The molecule has 0 saturated carbocycles. The van der Waals surface area contributed by atoms with Crippen LogP contribution in [0.2, 0.25) is 0 Å². The van der Waals surface area contributed by atoms with Gasteiger partial charge in [0.2, 0.25) is 10.0 Å². The Balaban J connectivity index is 1.52. The Morgan fingerprint density at radius 2 is 1.66 bits per heavy atom. The zero-order chi connectivity index (χ0) is 26.8. The number of nitrogens with one attached hydrogen (secondary N) is 1. The molecule has 0 amide bonds. The van der Waals surface area contributed by atoms with Crippen LogP contribution in [0, 0.1) is 0 Å². The van der Waals surface area contributed by atoms with Gasteiger partial charge in [0.1, 0.15) is 0 Å². The van der Waals surface area contributed by atoms with E-state index in [0.717, 1.165) is 53.2 Å². The van der Waals surface area contributed by atoms with E-state index in [-0.39, 0.29) is 24.0 Å². The maximum atomic E-state index is 13.8. The van der Waals surface area contributed by atoms with Gasteiger partial charge >= 0.3 is 6.18 Å². The molecule has 1 N–H and O–H groups in total. The van der Waals surface area contributed by atoms with E-state index < -0.39 is 21.8 Å². The largest absolute Gasteiger partial charge is 0.416 e. The topological polar surface area (TPSA) is 69.3 Å². The number of alkyl halides is 3. The van der Waals surface area contributed by atoms with E-state index in [0.29, 0.717) is 13.0 Å². The number of aromatic nitrogens is 2. The lowest BCUT2D eigenvalue weighted by atomic mass is 10.0. The number of H-pyrrole nitrogens is 1. The highest BCUT2D eigenvalue weighted by Crippen LogP contribution is 2.34. The molecule has 1 aromatic heterocycles. The summed E-state index contributed by atoms with van der Waals surface area (Å²) in [7, 11) is -4.07. The number of para-hydroxylation sites is 1. The molecule has 6 nitrogen and oxygen atoms in total. The number of nitrogens with zero attached hydrogens (tertiary/aromatic N) is 3. The number of fused-ring (bicyclic) bond motifs is 1. The summed E-state index contributed by atoms with van der Waals surface area (Å²) in [5.41, 5.74) is 2.89. The van der Waals surface area contributed by atoms with Crippen molar-refractivity contribution in [2.24, 2.45) is 0 Å². The van der Waals surface area contributed by atoms with Crippen LogP contribution in [0.4, 0.5) is 18.9 Å². The summed E-state index contributed by atoms with van der Waals surface area (Å²) in [4.78, 5) is 9.32. The minimum absolute atomic E-state index is 0.112. The molecule has 198 valence electrons. The lowest BCUT2D eigenvalue weighted by molar-refractivity contribution is -0.137. The fourth-order valence-corrected chi connectivity index (χ4v) is 6.31. The van der Waals surface area contributed by atoms with Crippen molar-refractivity contribution in [1.29, 1.82) is 0 Å². The average Bonchev–Trinajstić information content (AvgIpc) is 3.37. The van der Waals surface area contributed by atoms with Crippen LogP contribution in [-0.2, 0) is 35.7 Å². The predicted octanol–water partition coefficient (Wildman–Crippen LogP) is 5.64. The minimum Gasteiger partial charge on any atom is -0.361 e. The third-order valence-electron chi connectivity index (χ3n) is 6.83. The summed E-state index contributed by atoms with van der Waals surface area (Å²) in [6.45, 7) is 0.796. The number of hydrogen-bond acceptors (Lipinski definition) is 4. The number of benzene rings is 3. The van der Waals surface area contributed by atoms with Gasteiger partial charge in [-0.25, -0.2) is 13.4 Å². The van der Waals surface area contributed by atoms with Crippen LogP contribution in [0.25, 0.3) is 0 Å². The molecule has 0 bridgehead atoms. The van der Waals surface area contributed by atoms with Crippen molar-refractivity contribution in [3.8, 4) is 0 Å². The zero-order valence-corrected chi connectivity index (χ0v) is 21.3. The molecule has 1 aliphatic heterocycles. The van der Waals surface area contributed by atoms with Gasteiger partial charge < -0.3 is 9.88 Å². The van der Waals surface area contributed by atoms with Crippen molar-refractivity contribution in [3.05, 3.63) is 114 Å². The van der Waals surface area contributed by atoms with E-state index >= 15 is 0 Å². The average molecular weight is 541 g/mol. The molecule has 10 heteroatoms. The van der Waals surface area contributed by atoms with Gasteiger partial charge in [0, 0.05) is 31.0 Å². The molecule has 4 aromatic rings. The second-order valence-electron chi connectivity index (χ2n) is 9.33. The van der Waals surface area contributed by atoms with Gasteiger partial charge in [0.15, 0.2) is 0 Å². The molecule has 5 rings (SSSR count). The van der Waals surface area contributed by atoms with E-state index in [9.17, 15) is 21.6 Å². The standard InChI is InChI=1S/C28H27F3N4O2S/c29-28(30,31)23-11-14-26(15-12-23)38(36,37)34-17-22-8-4-5-9-27(22)35(18-24-16-32-20-33-24)25(19-34)13-10-21-6-2-1-3-7-21/h1-9,11-12,14-16,20,25H,10,13,17-19H2,(H,32,33)/t25-/m0/s1. The number of halogens is 3. The van der Waals surface area contributed by atoms with Gasteiger partial charge in [-0.05, 0) is 54.3 Å². The maximum Gasteiger partial charge on any atom is 0.416 e. The van der Waals surface area contributed by atoms with Gasteiger partial charge in [0.25, 0.3) is 0 Å². The molecular weight excluding hydrogens is 513 g/mol. The zero-order valence-electron chi connectivity index (χ0n) is 20.5. The number of anilines is 1. The van der Waals surface area contributed by atoms with Crippen LogP contribution in [-0.4, -0.2) is 35.3 Å². The van der Waals surface area contributed by atoms with E-state index in [4.69, 9.17) is 0 Å². The second kappa shape index (κ2) is 10.6. The Labute approximate surface area is 219 Å². The highest BCUT2D eigenvalue weighted by molar-refractivity contribution is 7.89. The number of hydrogen-bond donors (Lipinski definition) is 1. The lowest BCUT2D eigenvalue weighted by Crippen LogP contribution is -2.43. The van der Waals surface area contributed by atoms with Crippen molar-refractivity contribution in [3.63, 3.8) is 0 Å². The van der Waals surface area contributed by atoms with Gasteiger partial charge in [0.05, 0.1) is 29.0 Å². The molecule has 0 unspecified atom stereocenters. The Morgan fingerprint density at radius 3 is 2.34 bits per heavy atom. The molecule has 0 spiro atoms. The molecule has 0 fully saturated rings. The van der Waals surface area contributed by atoms with Crippen molar-refractivity contribution < 1.29 is 21.6 Å². The Kier molecular flexibility index (Phi) is 7.27.